The van der Waals surface area contributed by atoms with Gasteiger partial charge in [-0.05, 0) is 17.3 Å². The summed E-state index contributed by atoms with van der Waals surface area (Å²) in [6, 6.07) is 14.3. The lowest BCUT2D eigenvalue weighted by atomic mass is 10.2. The minimum Gasteiger partial charge on any atom is -0.504 e. The number of nitrogens with one attached hydrogen (secondary N) is 1. The predicted octanol–water partition coefficient (Wildman–Crippen LogP) is 1.20. The van der Waals surface area contributed by atoms with Crippen LogP contribution >= 0.6 is 0 Å². The van der Waals surface area contributed by atoms with Gasteiger partial charge >= 0.3 is 0 Å². The van der Waals surface area contributed by atoms with E-state index in [2.05, 4.69) is 25.9 Å². The van der Waals surface area contributed by atoms with Crippen LogP contribution < -0.4 is 10.2 Å². The van der Waals surface area contributed by atoms with Crippen LogP contribution in [0, 0.1) is 0 Å². The Morgan fingerprint density at radius 1 is 1.27 bits per heavy atom. The topological polar surface area (TPSA) is 115 Å². The van der Waals surface area contributed by atoms with Crippen LogP contribution in [0.1, 0.15) is 5.56 Å². The van der Waals surface area contributed by atoms with Gasteiger partial charge in [-0.1, -0.05) is 36.4 Å². The molecule has 3 aromatic rings. The molecule has 9 nitrogen and oxygen atoms in total. The summed E-state index contributed by atoms with van der Waals surface area (Å²) >= 11 is 0. The maximum Gasteiger partial charge on any atom is 0.263 e. The highest BCUT2D eigenvalue weighted by atomic mass is 16.5. The van der Waals surface area contributed by atoms with E-state index in [4.69, 9.17) is 4.74 Å². The molecule has 0 aliphatic heterocycles. The zero-order valence-electron chi connectivity index (χ0n) is 13.9. The fourth-order valence-corrected chi connectivity index (χ4v) is 2.16. The molecule has 1 amide bonds. The van der Waals surface area contributed by atoms with Gasteiger partial charge in [-0.2, -0.15) is 9.90 Å². The van der Waals surface area contributed by atoms with Gasteiger partial charge in [-0.3, -0.25) is 4.79 Å². The van der Waals surface area contributed by atoms with E-state index in [1.807, 2.05) is 30.3 Å². The first kappa shape index (κ1) is 17.1. The number of phenols is 1. The van der Waals surface area contributed by atoms with Gasteiger partial charge < -0.3 is 9.84 Å². The summed E-state index contributed by atoms with van der Waals surface area (Å²) in [4.78, 5) is 13.1. The highest BCUT2D eigenvalue weighted by Gasteiger charge is 2.09. The van der Waals surface area contributed by atoms with Crippen molar-refractivity contribution in [1.82, 2.24) is 25.6 Å². The molecule has 3 rings (SSSR count). The fourth-order valence-electron chi connectivity index (χ4n) is 2.16. The molecule has 0 saturated carbocycles. The Hall–Kier alpha value is -3.75. The van der Waals surface area contributed by atoms with Crippen LogP contribution in [-0.2, 0) is 11.3 Å². The molecule has 0 bridgehead atoms. The zero-order chi connectivity index (χ0) is 18.4. The number of benzene rings is 2. The number of tetrazole rings is 1. The lowest BCUT2D eigenvalue weighted by Crippen LogP contribution is -2.24. The number of hydrazone groups is 1. The lowest BCUT2D eigenvalue weighted by molar-refractivity contribution is -0.122. The number of ether oxygens (including phenoxy) is 1. The molecule has 0 spiro atoms. The molecule has 0 fully saturated rings. The Kier molecular flexibility index (Phi) is 5.18. The van der Waals surface area contributed by atoms with E-state index in [0.29, 0.717) is 17.1 Å². The zero-order valence-corrected chi connectivity index (χ0v) is 13.9. The highest BCUT2D eigenvalue weighted by Crippen LogP contribution is 2.27. The van der Waals surface area contributed by atoms with Gasteiger partial charge in [0.05, 0.1) is 13.3 Å². The van der Waals surface area contributed by atoms with Gasteiger partial charge in [0.25, 0.3) is 5.91 Å². The van der Waals surface area contributed by atoms with Crippen LogP contribution in [0.3, 0.4) is 0 Å². The van der Waals surface area contributed by atoms with Crippen LogP contribution in [0.25, 0.3) is 11.4 Å². The second-order valence-electron chi connectivity index (χ2n) is 5.20. The summed E-state index contributed by atoms with van der Waals surface area (Å²) in [5, 5.41) is 25.7. The van der Waals surface area contributed by atoms with E-state index in [1.54, 1.807) is 18.2 Å². The molecule has 0 aliphatic carbocycles. The number of carbonyl (C=O) groups is 1. The number of amides is 1. The number of methoxy groups -OCH3 is 1. The van der Waals surface area contributed by atoms with E-state index in [-0.39, 0.29) is 12.3 Å². The summed E-state index contributed by atoms with van der Waals surface area (Å²) in [7, 11) is 1.45. The molecule has 0 saturated heterocycles. The van der Waals surface area contributed by atoms with Crippen molar-refractivity contribution in [2.45, 2.75) is 6.54 Å². The van der Waals surface area contributed by atoms with E-state index >= 15 is 0 Å². The number of nitrogens with zero attached hydrogens (tertiary/aromatic N) is 5. The quantitative estimate of drug-likeness (QED) is 0.509. The van der Waals surface area contributed by atoms with Crippen LogP contribution in [-0.4, -0.2) is 44.5 Å². The van der Waals surface area contributed by atoms with E-state index < -0.39 is 5.91 Å². The average Bonchev–Trinajstić information content (AvgIpc) is 3.12. The van der Waals surface area contributed by atoms with Crippen molar-refractivity contribution in [3.05, 3.63) is 54.1 Å². The van der Waals surface area contributed by atoms with Gasteiger partial charge in [0.15, 0.2) is 11.5 Å². The maximum atomic E-state index is 11.9. The first-order chi connectivity index (χ1) is 12.7. The number of phenolic OH excluding ortho intramolecular Hbond substituents is 1. The summed E-state index contributed by atoms with van der Waals surface area (Å²) in [5.41, 5.74) is 3.57. The fraction of sp³-hybridized carbons (Fsp3) is 0.118. The van der Waals surface area contributed by atoms with Crippen molar-refractivity contribution in [2.75, 3.05) is 7.11 Å². The van der Waals surface area contributed by atoms with Crippen molar-refractivity contribution in [1.29, 1.82) is 0 Å². The molecule has 9 heteroatoms. The summed E-state index contributed by atoms with van der Waals surface area (Å²) in [6.07, 6.45) is 1.32. The molecule has 2 aromatic carbocycles. The summed E-state index contributed by atoms with van der Waals surface area (Å²) < 4.78 is 5.01. The monoisotopic (exact) mass is 352 g/mol. The third-order valence-corrected chi connectivity index (χ3v) is 3.41. The second-order valence-corrected chi connectivity index (χ2v) is 5.20. The van der Waals surface area contributed by atoms with Gasteiger partial charge in [-0.25, -0.2) is 5.43 Å². The normalized spacial score (nSPS) is 10.8. The Morgan fingerprint density at radius 2 is 2.08 bits per heavy atom. The third kappa shape index (κ3) is 4.01. The Bertz CT molecular complexity index is 923. The molecular weight excluding hydrogens is 336 g/mol. The van der Waals surface area contributed by atoms with Gasteiger partial charge in [0.2, 0.25) is 5.82 Å². The molecule has 26 heavy (non-hydrogen) atoms. The van der Waals surface area contributed by atoms with Crippen molar-refractivity contribution >= 4 is 12.1 Å². The average molecular weight is 352 g/mol. The molecular formula is C17H16N6O3. The number of carbonyl (C=O) groups excluding carboxylic acids is 1. The SMILES string of the molecule is COc1cccc(/C=N/NC(=O)Cn2nnc(-c3ccccc3)n2)c1O. The van der Waals surface area contributed by atoms with Crippen LogP contribution in [0.15, 0.2) is 53.6 Å². The number of para-hydroxylation sites is 1. The second kappa shape index (κ2) is 7.88. The molecule has 132 valence electrons. The van der Waals surface area contributed by atoms with E-state index in [9.17, 15) is 9.90 Å². The molecule has 1 heterocycles. The number of aromatic hydroxyl groups is 1. The van der Waals surface area contributed by atoms with Crippen LogP contribution in [0.5, 0.6) is 11.5 Å². The number of aromatic nitrogens is 4. The van der Waals surface area contributed by atoms with Gasteiger partial charge in [0.1, 0.15) is 6.54 Å². The predicted molar refractivity (Wildman–Crippen MR) is 93.6 cm³/mol. The standard InChI is InChI=1S/C17H16N6O3/c1-26-14-9-5-8-13(16(14)25)10-18-19-15(24)11-23-21-17(20-22-23)12-6-3-2-4-7-12/h2-10,25H,11H2,1H3,(H,19,24)/b18-10+. The molecule has 1 aromatic heterocycles. The van der Waals surface area contributed by atoms with Crippen LogP contribution in [0.4, 0.5) is 0 Å². The molecule has 0 radical (unpaired) electrons. The van der Waals surface area contributed by atoms with Crippen molar-refractivity contribution in [3.8, 4) is 22.9 Å². The van der Waals surface area contributed by atoms with Gasteiger partial charge in [0, 0.05) is 11.1 Å². The summed E-state index contributed by atoms with van der Waals surface area (Å²) in [6.45, 7) is -0.138. The van der Waals surface area contributed by atoms with Gasteiger partial charge in [-0.15, -0.1) is 10.2 Å². The van der Waals surface area contributed by atoms with E-state index in [1.165, 1.54) is 18.1 Å². The molecule has 2 N–H and O–H groups in total. The van der Waals surface area contributed by atoms with Crippen molar-refractivity contribution in [2.24, 2.45) is 5.10 Å². The molecule has 0 unspecified atom stereocenters. The number of hydrogen-bond acceptors (Lipinski definition) is 7. The highest BCUT2D eigenvalue weighted by molar-refractivity contribution is 5.86. The lowest BCUT2D eigenvalue weighted by Gasteiger charge is -2.04. The molecule has 0 aliphatic rings. The van der Waals surface area contributed by atoms with Crippen molar-refractivity contribution in [3.63, 3.8) is 0 Å². The first-order valence-corrected chi connectivity index (χ1v) is 7.68. The molecule has 0 atom stereocenters. The Morgan fingerprint density at radius 3 is 2.85 bits per heavy atom. The van der Waals surface area contributed by atoms with Crippen molar-refractivity contribution < 1.29 is 14.6 Å². The smallest absolute Gasteiger partial charge is 0.263 e. The Labute approximate surface area is 148 Å². The first-order valence-electron chi connectivity index (χ1n) is 7.68. The number of hydrogen-bond donors (Lipinski definition) is 2. The Balaban J connectivity index is 1.59. The minimum atomic E-state index is -0.430. The van der Waals surface area contributed by atoms with E-state index in [0.717, 1.165) is 5.56 Å². The minimum absolute atomic E-state index is 0.0570. The van der Waals surface area contributed by atoms with Crippen LogP contribution in [0.2, 0.25) is 0 Å². The number of rotatable bonds is 6. The maximum absolute atomic E-state index is 11.9. The largest absolute Gasteiger partial charge is 0.504 e. The third-order valence-electron chi connectivity index (χ3n) is 3.41. The summed E-state index contributed by atoms with van der Waals surface area (Å²) in [5.74, 6) is 0.267.